The van der Waals surface area contributed by atoms with E-state index in [9.17, 15) is 0 Å². The lowest BCUT2D eigenvalue weighted by Gasteiger charge is -1.50. The van der Waals surface area contributed by atoms with Crippen LogP contribution in [-0.4, -0.2) is 0 Å². The van der Waals surface area contributed by atoms with Crippen LogP contribution in [0, 0.1) is 0 Å². The van der Waals surface area contributed by atoms with E-state index < -0.39 is 8.69 Å². The standard InChI is InChI=1S/ClO2P/c1-3-4-2. The molecule has 4 heteroatoms. The molecular weight excluding hydrogens is 98.4 g/mol. The fourth-order valence-corrected chi connectivity index (χ4v) is 0. The molecule has 0 aromatic heterocycles. The normalized spacial score (nSPS) is 8.25. The fraction of sp³-hybridized carbons (Fsp3) is 0. The number of hydrogen-bond acceptors (Lipinski definition) is 2. The zero-order valence-corrected chi connectivity index (χ0v) is 3.29. The van der Waals surface area contributed by atoms with Gasteiger partial charge < -0.3 is 0 Å². The van der Waals surface area contributed by atoms with Crippen LogP contribution >= 0.6 is 20.6 Å². The molecule has 0 aliphatic heterocycles. The molecule has 0 saturated carbocycles. The molecule has 0 radical (unpaired) electrons. The Morgan fingerprint density at radius 3 is 2.25 bits per heavy atom. The van der Waals surface area contributed by atoms with Crippen molar-refractivity contribution in [2.75, 3.05) is 0 Å². The van der Waals surface area contributed by atoms with E-state index in [1.54, 1.807) is 0 Å². The molecule has 0 rings (SSSR count). The number of rotatable bonds is 1. The van der Waals surface area contributed by atoms with Gasteiger partial charge in [-0.1, -0.05) is 0 Å². The molecular formula is ClO2P. The molecule has 0 aromatic rings. The van der Waals surface area contributed by atoms with Crippen molar-refractivity contribution in [3.8, 4) is 0 Å². The highest BCUT2D eigenvalue weighted by molar-refractivity contribution is 7.18. The third-order valence-electron chi connectivity index (χ3n) is 0.0282. The van der Waals surface area contributed by atoms with Crippen molar-refractivity contribution in [2.24, 2.45) is 0 Å². The molecule has 2 nitrogen and oxygen atoms in total. The van der Waals surface area contributed by atoms with Crippen LogP contribution in [-0.2, 0) is 8.64 Å². The van der Waals surface area contributed by atoms with Gasteiger partial charge in [0.15, 0.2) is 0 Å². The smallest absolute Gasteiger partial charge is 0.239 e. The molecule has 0 heterocycles. The largest absolute Gasteiger partial charge is 0.345 e. The highest BCUT2D eigenvalue weighted by Crippen LogP contribution is 1.94. The van der Waals surface area contributed by atoms with Crippen molar-refractivity contribution in [3.05, 3.63) is 0 Å². The summed E-state index contributed by atoms with van der Waals surface area (Å²) in [5.41, 5.74) is 0. The van der Waals surface area contributed by atoms with Crippen molar-refractivity contribution in [1.82, 2.24) is 0 Å². The van der Waals surface area contributed by atoms with E-state index in [4.69, 9.17) is 4.57 Å². The van der Waals surface area contributed by atoms with Crippen LogP contribution in [0.15, 0.2) is 0 Å². The summed E-state index contributed by atoms with van der Waals surface area (Å²) >= 11 is 4.36. The average molecular weight is 98.4 g/mol. The molecule has 0 atom stereocenters. The zero-order valence-electron chi connectivity index (χ0n) is 1.64. The van der Waals surface area contributed by atoms with Crippen molar-refractivity contribution in [1.29, 1.82) is 0 Å². The summed E-state index contributed by atoms with van der Waals surface area (Å²) in [6, 6.07) is 0. The van der Waals surface area contributed by atoms with E-state index in [0.29, 0.717) is 0 Å². The maximum absolute atomic E-state index is 8.92. The van der Waals surface area contributed by atoms with Crippen LogP contribution in [0.3, 0.4) is 0 Å². The zero-order chi connectivity index (χ0) is 3.41. The minimum absolute atomic E-state index is 0.486. The Bertz CT molecular complexity index is 20.0. The molecule has 0 aliphatic rings. The predicted octanol–water partition coefficient (Wildman–Crippen LogP) is 1.36. The van der Waals surface area contributed by atoms with Crippen LogP contribution in [0.25, 0.3) is 0 Å². The molecule has 0 unspecified atom stereocenters. The van der Waals surface area contributed by atoms with Gasteiger partial charge in [0, 0.05) is 0 Å². The van der Waals surface area contributed by atoms with Gasteiger partial charge in [-0.05, 0) is 0 Å². The topological polar surface area (TPSA) is 26.3 Å². The number of halogens is 1. The third kappa shape index (κ3) is 2.35. The van der Waals surface area contributed by atoms with Gasteiger partial charge in [0.05, 0.1) is 11.9 Å². The second kappa shape index (κ2) is 3.35. The lowest BCUT2D eigenvalue weighted by atomic mass is 15.9. The second-order valence-electron chi connectivity index (χ2n) is 0.144. The molecule has 0 N–H and O–H groups in total. The lowest BCUT2D eigenvalue weighted by Crippen LogP contribution is -1.21. The van der Waals surface area contributed by atoms with Crippen molar-refractivity contribution in [2.45, 2.75) is 0 Å². The van der Waals surface area contributed by atoms with Gasteiger partial charge in [0.25, 0.3) is 0 Å². The Morgan fingerprint density at radius 2 is 2.25 bits per heavy atom. The molecule has 0 amide bonds. The SMILES string of the molecule is O=POCl. The van der Waals surface area contributed by atoms with Gasteiger partial charge in [-0.15, -0.1) is 0 Å². The van der Waals surface area contributed by atoms with Crippen LogP contribution in [0.2, 0.25) is 0 Å². The van der Waals surface area contributed by atoms with Gasteiger partial charge in [-0.2, -0.15) is 4.08 Å². The van der Waals surface area contributed by atoms with Crippen LogP contribution in [0.4, 0.5) is 0 Å². The van der Waals surface area contributed by atoms with E-state index >= 15 is 0 Å². The quantitative estimate of drug-likeness (QED) is 0.463. The summed E-state index contributed by atoms with van der Waals surface area (Å²) in [7, 11) is -0.486. The van der Waals surface area contributed by atoms with Gasteiger partial charge in [0.1, 0.15) is 0 Å². The monoisotopic (exact) mass is 97.9 g/mol. The van der Waals surface area contributed by atoms with E-state index in [-0.39, 0.29) is 0 Å². The molecule has 4 heavy (non-hydrogen) atoms. The molecule has 0 aromatic carbocycles. The Labute approximate surface area is 30.2 Å². The minimum Gasteiger partial charge on any atom is -0.239 e. The Hall–Kier alpha value is 0.350. The summed E-state index contributed by atoms with van der Waals surface area (Å²) in [4.78, 5) is 0. The van der Waals surface area contributed by atoms with E-state index in [2.05, 4.69) is 15.9 Å². The molecule has 0 bridgehead atoms. The van der Waals surface area contributed by atoms with E-state index in [1.807, 2.05) is 0 Å². The second-order valence-corrected chi connectivity index (χ2v) is 0.845. The van der Waals surface area contributed by atoms with Gasteiger partial charge >= 0.3 is 8.69 Å². The lowest BCUT2D eigenvalue weighted by molar-refractivity contribution is 0.546. The summed E-state index contributed by atoms with van der Waals surface area (Å²) in [5, 5.41) is 0. The third-order valence-corrected chi connectivity index (χ3v) is 0.254. The van der Waals surface area contributed by atoms with Crippen molar-refractivity contribution < 1.29 is 8.64 Å². The molecule has 24 valence electrons. The maximum atomic E-state index is 8.92. The first kappa shape index (κ1) is 4.35. The summed E-state index contributed by atoms with van der Waals surface area (Å²) in [6.07, 6.45) is 0. The first-order valence-electron chi connectivity index (χ1n) is 0.519. The van der Waals surface area contributed by atoms with Crippen LogP contribution < -0.4 is 0 Å². The van der Waals surface area contributed by atoms with E-state index in [0.717, 1.165) is 0 Å². The van der Waals surface area contributed by atoms with Crippen LogP contribution in [0.5, 0.6) is 0 Å². The minimum atomic E-state index is -0.486. The number of hydrogen-bond donors (Lipinski definition) is 0. The molecule has 0 spiro atoms. The molecule has 0 fully saturated rings. The van der Waals surface area contributed by atoms with Crippen LogP contribution in [0.1, 0.15) is 0 Å². The van der Waals surface area contributed by atoms with Crippen molar-refractivity contribution >= 4 is 20.6 Å². The highest BCUT2D eigenvalue weighted by Gasteiger charge is 1.56. The van der Waals surface area contributed by atoms with E-state index in [1.165, 1.54) is 0 Å². The Kier molecular flexibility index (Phi) is 3.64. The maximum Gasteiger partial charge on any atom is 0.345 e. The fourth-order valence-electron chi connectivity index (χ4n) is 0. The van der Waals surface area contributed by atoms with Gasteiger partial charge in [0.2, 0.25) is 0 Å². The Balaban J connectivity index is 2.30. The van der Waals surface area contributed by atoms with Crippen molar-refractivity contribution in [3.63, 3.8) is 0 Å². The molecule has 0 saturated heterocycles. The summed E-state index contributed by atoms with van der Waals surface area (Å²) in [6.45, 7) is 0. The first-order valence-corrected chi connectivity index (χ1v) is 1.56. The van der Waals surface area contributed by atoms with Gasteiger partial charge in [-0.3, -0.25) is 0 Å². The Morgan fingerprint density at radius 1 is 2.00 bits per heavy atom. The average Bonchev–Trinajstić information content (AvgIpc) is 1.37. The highest BCUT2D eigenvalue weighted by atomic mass is 35.5. The first-order chi connectivity index (χ1) is 1.91. The summed E-state index contributed by atoms with van der Waals surface area (Å²) in [5.74, 6) is 0. The summed E-state index contributed by atoms with van der Waals surface area (Å²) < 4.78 is 12.3. The predicted molar refractivity (Wildman–Crippen MR) is 14.5 cm³/mol. The molecule has 0 aliphatic carbocycles. The van der Waals surface area contributed by atoms with Gasteiger partial charge in [-0.25, -0.2) is 4.57 Å².